The number of nitrogens with two attached hydrogens (primary N) is 1. The number of halogens is 3. The van der Waals surface area contributed by atoms with Gasteiger partial charge in [0.2, 0.25) is 0 Å². The molecule has 0 saturated carbocycles. The summed E-state index contributed by atoms with van der Waals surface area (Å²) in [6, 6.07) is 7.05. The second kappa shape index (κ2) is 6.20. The summed E-state index contributed by atoms with van der Waals surface area (Å²) in [7, 11) is 0. The number of benzene rings is 1. The molecule has 5 heteroatoms. The number of hydrogen-bond donors (Lipinski definition) is 1. The number of hydrogen-bond acceptors (Lipinski definition) is 2. The van der Waals surface area contributed by atoms with Gasteiger partial charge in [-0.2, -0.15) is 13.2 Å². The highest BCUT2D eigenvalue weighted by Gasteiger charge is 2.28. The zero-order valence-corrected chi connectivity index (χ0v) is 10.5. The molecule has 0 spiro atoms. The quantitative estimate of drug-likeness (QED) is 0.882. The van der Waals surface area contributed by atoms with E-state index in [0.717, 1.165) is 11.1 Å². The van der Waals surface area contributed by atoms with Gasteiger partial charge in [0.25, 0.3) is 0 Å². The highest BCUT2D eigenvalue weighted by molar-refractivity contribution is 5.28. The maximum Gasteiger partial charge on any atom is 0.391 e. The van der Waals surface area contributed by atoms with Crippen molar-refractivity contribution < 1.29 is 17.9 Å². The van der Waals surface area contributed by atoms with Gasteiger partial charge in [-0.1, -0.05) is 24.3 Å². The van der Waals surface area contributed by atoms with Crippen LogP contribution in [0.5, 0.6) is 0 Å². The maximum absolute atomic E-state index is 12.1. The van der Waals surface area contributed by atoms with E-state index in [1.54, 1.807) is 6.92 Å². The molecule has 0 heterocycles. The SMILES string of the molecule is Cc1ccccc1C(OCCC(F)(F)F)C(C)N. The molecule has 1 aromatic carbocycles. The number of aryl methyl sites for hydroxylation is 1. The van der Waals surface area contributed by atoms with E-state index in [2.05, 4.69) is 0 Å². The number of ether oxygens (including phenoxy) is 1. The minimum atomic E-state index is -4.20. The van der Waals surface area contributed by atoms with Crippen molar-refractivity contribution in [1.82, 2.24) is 0 Å². The summed E-state index contributed by atoms with van der Waals surface area (Å²) in [6.45, 7) is 3.24. The van der Waals surface area contributed by atoms with Gasteiger partial charge in [-0.3, -0.25) is 0 Å². The van der Waals surface area contributed by atoms with Crippen LogP contribution in [-0.2, 0) is 4.74 Å². The van der Waals surface area contributed by atoms with Crippen LogP contribution in [0.1, 0.15) is 30.6 Å². The molecule has 0 aliphatic carbocycles. The van der Waals surface area contributed by atoms with E-state index < -0.39 is 18.7 Å². The van der Waals surface area contributed by atoms with E-state index in [0.29, 0.717) is 0 Å². The second-order valence-electron chi connectivity index (χ2n) is 4.37. The Hall–Kier alpha value is -1.07. The van der Waals surface area contributed by atoms with Crippen LogP contribution in [0.2, 0.25) is 0 Å². The lowest BCUT2D eigenvalue weighted by atomic mass is 9.99. The molecule has 0 amide bonds. The lowest BCUT2D eigenvalue weighted by Gasteiger charge is -2.23. The summed E-state index contributed by atoms with van der Waals surface area (Å²) in [4.78, 5) is 0. The van der Waals surface area contributed by atoms with Crippen LogP contribution >= 0.6 is 0 Å². The smallest absolute Gasteiger partial charge is 0.372 e. The molecule has 2 unspecified atom stereocenters. The first kappa shape index (κ1) is 15.0. The monoisotopic (exact) mass is 261 g/mol. The maximum atomic E-state index is 12.1. The molecule has 1 aromatic rings. The summed E-state index contributed by atoms with van der Waals surface area (Å²) in [5.74, 6) is 0. The molecule has 1 rings (SSSR count). The van der Waals surface area contributed by atoms with Crippen molar-refractivity contribution in [2.24, 2.45) is 5.73 Å². The average molecular weight is 261 g/mol. The van der Waals surface area contributed by atoms with Gasteiger partial charge in [0.15, 0.2) is 0 Å². The first-order chi connectivity index (χ1) is 8.31. The topological polar surface area (TPSA) is 35.2 Å². The lowest BCUT2D eigenvalue weighted by molar-refractivity contribution is -0.150. The molecule has 0 bridgehead atoms. The Bertz CT molecular complexity index is 377. The molecule has 0 radical (unpaired) electrons. The molecule has 2 atom stereocenters. The van der Waals surface area contributed by atoms with E-state index in [9.17, 15) is 13.2 Å². The van der Waals surface area contributed by atoms with Crippen molar-refractivity contribution in [3.63, 3.8) is 0 Å². The average Bonchev–Trinajstić information content (AvgIpc) is 2.24. The predicted molar refractivity (Wildman–Crippen MR) is 64.2 cm³/mol. The van der Waals surface area contributed by atoms with E-state index in [-0.39, 0.29) is 12.6 Å². The fourth-order valence-corrected chi connectivity index (χ4v) is 1.73. The minimum Gasteiger partial charge on any atom is -0.372 e. The molecule has 2 nitrogen and oxygen atoms in total. The van der Waals surface area contributed by atoms with Gasteiger partial charge >= 0.3 is 6.18 Å². The predicted octanol–water partition coefficient (Wildman–Crippen LogP) is 3.35. The van der Waals surface area contributed by atoms with Crippen LogP contribution in [0.15, 0.2) is 24.3 Å². The van der Waals surface area contributed by atoms with Crippen LogP contribution in [0.25, 0.3) is 0 Å². The third-order valence-corrected chi connectivity index (χ3v) is 2.66. The van der Waals surface area contributed by atoms with Crippen molar-refractivity contribution in [1.29, 1.82) is 0 Å². The largest absolute Gasteiger partial charge is 0.391 e. The first-order valence-corrected chi connectivity index (χ1v) is 5.80. The van der Waals surface area contributed by atoms with E-state index >= 15 is 0 Å². The Morgan fingerprint density at radius 3 is 2.39 bits per heavy atom. The molecule has 0 aromatic heterocycles. The van der Waals surface area contributed by atoms with Crippen LogP contribution in [0.4, 0.5) is 13.2 Å². The van der Waals surface area contributed by atoms with Gasteiger partial charge in [0, 0.05) is 6.04 Å². The fourth-order valence-electron chi connectivity index (χ4n) is 1.73. The van der Waals surface area contributed by atoms with Crippen molar-refractivity contribution in [2.75, 3.05) is 6.61 Å². The Morgan fingerprint density at radius 2 is 1.89 bits per heavy atom. The fraction of sp³-hybridized carbons (Fsp3) is 0.538. The summed E-state index contributed by atoms with van der Waals surface area (Å²) < 4.78 is 41.5. The molecular weight excluding hydrogens is 243 g/mol. The molecule has 2 N–H and O–H groups in total. The third kappa shape index (κ3) is 4.66. The van der Waals surface area contributed by atoms with Gasteiger partial charge in [0.05, 0.1) is 19.1 Å². The standard InChI is InChI=1S/C13H18F3NO/c1-9-5-3-4-6-11(9)12(10(2)17)18-8-7-13(14,15)16/h3-6,10,12H,7-8,17H2,1-2H3. The molecule has 0 saturated heterocycles. The highest BCUT2D eigenvalue weighted by Crippen LogP contribution is 2.26. The van der Waals surface area contributed by atoms with Gasteiger partial charge < -0.3 is 10.5 Å². The Morgan fingerprint density at radius 1 is 1.28 bits per heavy atom. The number of alkyl halides is 3. The van der Waals surface area contributed by atoms with Gasteiger partial charge in [-0.05, 0) is 25.0 Å². The molecule has 0 aliphatic rings. The molecule has 0 fully saturated rings. The van der Waals surface area contributed by atoms with Crippen LogP contribution in [0.3, 0.4) is 0 Å². The van der Waals surface area contributed by atoms with Crippen molar-refractivity contribution >= 4 is 0 Å². The van der Waals surface area contributed by atoms with Crippen molar-refractivity contribution in [2.45, 2.75) is 38.6 Å². The Kier molecular flexibility index (Phi) is 5.16. The first-order valence-electron chi connectivity index (χ1n) is 5.80. The van der Waals surface area contributed by atoms with E-state index in [1.165, 1.54) is 0 Å². The summed E-state index contributed by atoms with van der Waals surface area (Å²) in [5.41, 5.74) is 7.59. The molecular formula is C13H18F3NO. The van der Waals surface area contributed by atoms with Crippen LogP contribution in [0, 0.1) is 6.92 Å². The van der Waals surface area contributed by atoms with E-state index in [4.69, 9.17) is 10.5 Å². The lowest BCUT2D eigenvalue weighted by Crippen LogP contribution is -2.28. The minimum absolute atomic E-state index is 0.362. The zero-order valence-electron chi connectivity index (χ0n) is 10.5. The molecule has 102 valence electrons. The summed E-state index contributed by atoms with van der Waals surface area (Å²) in [6.07, 6.45) is -5.66. The normalized spacial score (nSPS) is 15.4. The second-order valence-corrected chi connectivity index (χ2v) is 4.37. The number of rotatable bonds is 5. The third-order valence-electron chi connectivity index (χ3n) is 2.66. The van der Waals surface area contributed by atoms with E-state index in [1.807, 2.05) is 31.2 Å². The van der Waals surface area contributed by atoms with Gasteiger partial charge in [-0.15, -0.1) is 0 Å². The zero-order chi connectivity index (χ0) is 13.8. The molecule has 18 heavy (non-hydrogen) atoms. The molecule has 0 aliphatic heterocycles. The van der Waals surface area contributed by atoms with Crippen LogP contribution < -0.4 is 5.73 Å². The Balaban J connectivity index is 2.70. The Labute approximate surface area is 105 Å². The summed E-state index contributed by atoms with van der Waals surface area (Å²) >= 11 is 0. The van der Waals surface area contributed by atoms with Gasteiger partial charge in [-0.25, -0.2) is 0 Å². The van der Waals surface area contributed by atoms with Crippen molar-refractivity contribution in [3.8, 4) is 0 Å². The van der Waals surface area contributed by atoms with Gasteiger partial charge in [0.1, 0.15) is 0 Å². The van der Waals surface area contributed by atoms with Crippen LogP contribution in [-0.4, -0.2) is 18.8 Å². The highest BCUT2D eigenvalue weighted by atomic mass is 19.4. The summed E-state index contributed by atoms with van der Waals surface area (Å²) in [5, 5.41) is 0. The van der Waals surface area contributed by atoms with Crippen molar-refractivity contribution in [3.05, 3.63) is 35.4 Å².